The molecule has 1 aliphatic rings. The summed E-state index contributed by atoms with van der Waals surface area (Å²) in [7, 11) is 0. The van der Waals surface area contributed by atoms with Crippen molar-refractivity contribution in [3.63, 3.8) is 0 Å². The van der Waals surface area contributed by atoms with Crippen molar-refractivity contribution < 1.29 is 14.3 Å². The Hall–Kier alpha value is -4.57. The quantitative estimate of drug-likeness (QED) is 0.338. The molecule has 0 aliphatic carbocycles. The second-order valence-electron chi connectivity index (χ2n) is 8.91. The smallest absolute Gasteiger partial charge is 0.254 e. The number of aromatic nitrogens is 5. The van der Waals surface area contributed by atoms with Gasteiger partial charge in [-0.05, 0) is 30.3 Å². The van der Waals surface area contributed by atoms with Crippen LogP contribution in [-0.2, 0) is 9.53 Å². The molecular formula is C27H25N7O3. The van der Waals surface area contributed by atoms with Gasteiger partial charge in [0.2, 0.25) is 5.91 Å². The highest BCUT2D eigenvalue weighted by Gasteiger charge is 2.22. The number of rotatable bonds is 5. The number of anilines is 1. The molecule has 2 amide bonds. The number of benzene rings is 1. The van der Waals surface area contributed by atoms with E-state index in [0.717, 1.165) is 33.1 Å². The predicted molar refractivity (Wildman–Crippen MR) is 140 cm³/mol. The van der Waals surface area contributed by atoms with Crippen molar-refractivity contribution in [3.05, 3.63) is 60.6 Å². The first-order valence-corrected chi connectivity index (χ1v) is 12.2. The van der Waals surface area contributed by atoms with Crippen LogP contribution in [0.25, 0.3) is 44.5 Å². The number of ether oxygens (including phenoxy) is 1. The number of amides is 2. The Bertz CT molecular complexity index is 1630. The van der Waals surface area contributed by atoms with Gasteiger partial charge in [0.25, 0.3) is 5.91 Å². The maximum Gasteiger partial charge on any atom is 0.254 e. The number of nitrogens with zero attached hydrogens (tertiary/aromatic N) is 4. The monoisotopic (exact) mass is 495 g/mol. The minimum atomic E-state index is -0.0741. The van der Waals surface area contributed by atoms with E-state index in [2.05, 4.69) is 30.5 Å². The molecule has 5 aromatic rings. The Kier molecular flexibility index (Phi) is 5.85. The molecule has 37 heavy (non-hydrogen) atoms. The van der Waals surface area contributed by atoms with E-state index < -0.39 is 0 Å². The summed E-state index contributed by atoms with van der Waals surface area (Å²) in [5, 5.41) is 12.0. The van der Waals surface area contributed by atoms with E-state index in [0.29, 0.717) is 55.3 Å². The third kappa shape index (κ3) is 4.31. The van der Waals surface area contributed by atoms with Crippen LogP contribution in [0.15, 0.2) is 55.0 Å². The van der Waals surface area contributed by atoms with E-state index in [1.807, 2.05) is 41.3 Å². The molecule has 10 nitrogen and oxygen atoms in total. The van der Waals surface area contributed by atoms with Crippen LogP contribution in [0.4, 0.5) is 5.69 Å². The summed E-state index contributed by atoms with van der Waals surface area (Å²) in [4.78, 5) is 39.1. The van der Waals surface area contributed by atoms with Gasteiger partial charge in [0.05, 0.1) is 30.8 Å². The normalized spacial score (nSPS) is 13.8. The first-order valence-electron chi connectivity index (χ1n) is 12.2. The molecule has 1 fully saturated rings. The molecule has 10 heteroatoms. The molecular weight excluding hydrogens is 470 g/mol. The van der Waals surface area contributed by atoms with Gasteiger partial charge in [-0.3, -0.25) is 19.7 Å². The number of fused-ring (bicyclic) bond motifs is 2. The third-order valence-corrected chi connectivity index (χ3v) is 6.54. The molecule has 0 spiro atoms. The molecule has 1 saturated heterocycles. The predicted octanol–water partition coefficient (Wildman–Crippen LogP) is 3.99. The summed E-state index contributed by atoms with van der Waals surface area (Å²) in [6.07, 6.45) is 5.49. The van der Waals surface area contributed by atoms with Crippen LogP contribution in [0, 0.1) is 0 Å². The van der Waals surface area contributed by atoms with Crippen LogP contribution in [0.5, 0.6) is 0 Å². The average Bonchev–Trinajstić information content (AvgIpc) is 3.57. The van der Waals surface area contributed by atoms with Gasteiger partial charge in [0.1, 0.15) is 5.69 Å². The number of carbonyl (C=O) groups excluding carboxylic acids is 2. The number of H-pyrrole nitrogens is 2. The number of morpholine rings is 1. The number of pyridine rings is 2. The minimum Gasteiger partial charge on any atom is -0.378 e. The Morgan fingerprint density at radius 3 is 2.73 bits per heavy atom. The van der Waals surface area contributed by atoms with Crippen LogP contribution < -0.4 is 5.32 Å². The molecule has 5 heterocycles. The molecule has 0 bridgehead atoms. The van der Waals surface area contributed by atoms with Gasteiger partial charge in [0, 0.05) is 64.9 Å². The number of carbonyl (C=O) groups is 2. The lowest BCUT2D eigenvalue weighted by molar-refractivity contribution is -0.115. The van der Waals surface area contributed by atoms with Crippen LogP contribution in [-0.4, -0.2) is 68.2 Å². The van der Waals surface area contributed by atoms with Crippen LogP contribution >= 0.6 is 0 Å². The molecule has 3 N–H and O–H groups in total. The number of hydrogen-bond acceptors (Lipinski definition) is 6. The summed E-state index contributed by atoms with van der Waals surface area (Å²) >= 11 is 0. The topological polar surface area (TPSA) is 129 Å². The van der Waals surface area contributed by atoms with Gasteiger partial charge >= 0.3 is 0 Å². The van der Waals surface area contributed by atoms with E-state index in [4.69, 9.17) is 4.74 Å². The maximum absolute atomic E-state index is 13.2. The minimum absolute atomic E-state index is 0.00200. The lowest BCUT2D eigenvalue weighted by Gasteiger charge is -2.27. The number of hydrogen-bond donors (Lipinski definition) is 3. The zero-order chi connectivity index (χ0) is 25.4. The van der Waals surface area contributed by atoms with Crippen molar-refractivity contribution >= 4 is 39.4 Å². The highest BCUT2D eigenvalue weighted by atomic mass is 16.5. The Morgan fingerprint density at radius 2 is 1.89 bits per heavy atom. The van der Waals surface area contributed by atoms with Gasteiger partial charge in [-0.25, -0.2) is 4.98 Å². The summed E-state index contributed by atoms with van der Waals surface area (Å²) in [5.74, 6) is -0.0761. The van der Waals surface area contributed by atoms with Gasteiger partial charge in [-0.2, -0.15) is 5.10 Å². The summed E-state index contributed by atoms with van der Waals surface area (Å²) < 4.78 is 5.40. The lowest BCUT2D eigenvalue weighted by Crippen LogP contribution is -2.40. The van der Waals surface area contributed by atoms with Crippen LogP contribution in [0.2, 0.25) is 0 Å². The van der Waals surface area contributed by atoms with Crippen LogP contribution in [0.3, 0.4) is 0 Å². The average molecular weight is 496 g/mol. The highest BCUT2D eigenvalue weighted by Crippen LogP contribution is 2.32. The Morgan fingerprint density at radius 1 is 1.05 bits per heavy atom. The first kappa shape index (κ1) is 22.9. The fourth-order valence-electron chi connectivity index (χ4n) is 4.59. The van der Waals surface area contributed by atoms with Crippen molar-refractivity contribution in [1.82, 2.24) is 30.0 Å². The summed E-state index contributed by atoms with van der Waals surface area (Å²) in [6.45, 7) is 4.08. The van der Waals surface area contributed by atoms with E-state index in [-0.39, 0.29) is 11.8 Å². The van der Waals surface area contributed by atoms with Crippen molar-refractivity contribution in [2.75, 3.05) is 31.6 Å². The van der Waals surface area contributed by atoms with Crippen LogP contribution in [0.1, 0.15) is 23.7 Å². The molecule has 0 atom stereocenters. The van der Waals surface area contributed by atoms with Gasteiger partial charge < -0.3 is 19.9 Å². The fraction of sp³-hybridized carbons (Fsp3) is 0.222. The van der Waals surface area contributed by atoms with Crippen molar-refractivity contribution in [2.45, 2.75) is 13.3 Å². The summed E-state index contributed by atoms with van der Waals surface area (Å²) in [6, 6.07) is 11.5. The Labute approximate surface area is 212 Å². The molecule has 6 rings (SSSR count). The fourth-order valence-corrected chi connectivity index (χ4v) is 4.59. The molecule has 186 valence electrons. The Balaban J connectivity index is 1.38. The third-order valence-electron chi connectivity index (χ3n) is 6.54. The lowest BCUT2D eigenvalue weighted by atomic mass is 10.1. The largest absolute Gasteiger partial charge is 0.378 e. The van der Waals surface area contributed by atoms with Crippen molar-refractivity contribution in [1.29, 1.82) is 0 Å². The zero-order valence-electron chi connectivity index (χ0n) is 20.2. The van der Waals surface area contributed by atoms with Gasteiger partial charge in [-0.1, -0.05) is 13.0 Å². The SMILES string of the molecule is CCC(=O)Nc1cncc(-c2cnc3[nH]nc(-c4cc5c(C(=O)N6CCOCC6)cccc5[nH]4)c3c2)c1. The summed E-state index contributed by atoms with van der Waals surface area (Å²) in [5.41, 5.74) is 5.93. The number of aromatic amines is 2. The standard InChI is InChI=1S/C27H25N7O3/c1-2-24(35)30-18-10-16(13-28-15-18)17-11-21-25(32-33-26(21)29-14-17)23-12-20-19(4-3-5-22(20)31-23)27(36)34-6-8-37-9-7-34/h3-5,10-15,31H,2,6-9H2,1H3,(H,30,35)(H,29,32,33). The zero-order valence-corrected chi connectivity index (χ0v) is 20.2. The number of nitrogens with one attached hydrogen (secondary N) is 3. The van der Waals surface area contributed by atoms with E-state index in [9.17, 15) is 9.59 Å². The molecule has 0 saturated carbocycles. The van der Waals surface area contributed by atoms with E-state index >= 15 is 0 Å². The first-order chi connectivity index (χ1) is 18.1. The molecule has 1 aliphatic heterocycles. The second-order valence-corrected chi connectivity index (χ2v) is 8.91. The molecule has 0 radical (unpaired) electrons. The highest BCUT2D eigenvalue weighted by molar-refractivity contribution is 6.08. The van der Waals surface area contributed by atoms with E-state index in [1.54, 1.807) is 25.5 Å². The van der Waals surface area contributed by atoms with Crippen molar-refractivity contribution in [3.8, 4) is 22.5 Å². The van der Waals surface area contributed by atoms with Gasteiger partial charge in [0.15, 0.2) is 5.65 Å². The second kappa shape index (κ2) is 9.47. The van der Waals surface area contributed by atoms with Gasteiger partial charge in [-0.15, -0.1) is 0 Å². The molecule has 1 aromatic carbocycles. The van der Waals surface area contributed by atoms with Crippen molar-refractivity contribution in [2.24, 2.45) is 0 Å². The molecule has 4 aromatic heterocycles. The molecule has 0 unspecified atom stereocenters. The maximum atomic E-state index is 13.2. The van der Waals surface area contributed by atoms with E-state index in [1.165, 1.54) is 0 Å².